The molecule has 5 rings (SSSR count). The van der Waals surface area contributed by atoms with Gasteiger partial charge in [-0.05, 0) is 55.5 Å². The summed E-state index contributed by atoms with van der Waals surface area (Å²) in [5, 5.41) is 3.21. The van der Waals surface area contributed by atoms with E-state index < -0.39 is 0 Å². The van der Waals surface area contributed by atoms with Gasteiger partial charge in [-0.25, -0.2) is 0 Å². The third-order valence-corrected chi connectivity index (χ3v) is 6.53. The van der Waals surface area contributed by atoms with E-state index in [0.29, 0.717) is 11.5 Å². The van der Waals surface area contributed by atoms with E-state index in [1.807, 2.05) is 47.4 Å². The number of likely N-dealkylation sites (tertiary alicyclic amines) is 1. The Hall–Kier alpha value is -2.82. The fourth-order valence-electron chi connectivity index (χ4n) is 4.32. The highest BCUT2D eigenvalue weighted by Crippen LogP contribution is 2.45. The first kappa shape index (κ1) is 19.2. The van der Waals surface area contributed by atoms with Crippen molar-refractivity contribution in [1.29, 1.82) is 0 Å². The van der Waals surface area contributed by atoms with E-state index in [9.17, 15) is 9.59 Å². The Morgan fingerprint density at radius 1 is 0.900 bits per heavy atom. The quantitative estimate of drug-likeness (QED) is 0.795. The first-order chi connectivity index (χ1) is 14.6. The molecular weight excluding hydrogens is 376 g/mol. The molecule has 1 N–H and O–H groups in total. The van der Waals surface area contributed by atoms with Crippen LogP contribution in [0.25, 0.3) is 0 Å². The van der Waals surface area contributed by atoms with Crippen LogP contribution in [0, 0.1) is 5.92 Å². The van der Waals surface area contributed by atoms with E-state index in [1.165, 1.54) is 5.56 Å². The molecule has 5 heteroatoms. The number of ether oxygens (including phenoxy) is 1. The van der Waals surface area contributed by atoms with Gasteiger partial charge in [0.15, 0.2) is 0 Å². The van der Waals surface area contributed by atoms with E-state index in [4.69, 9.17) is 4.74 Å². The van der Waals surface area contributed by atoms with Gasteiger partial charge in [0.05, 0.1) is 5.54 Å². The molecule has 3 fully saturated rings. The number of carbonyl (C=O) groups excluding carboxylic acids is 2. The predicted octanol–water partition coefficient (Wildman–Crippen LogP) is 3.89. The molecule has 30 heavy (non-hydrogen) atoms. The zero-order chi connectivity index (χ0) is 20.6. The Kier molecular flexibility index (Phi) is 4.97. The minimum absolute atomic E-state index is 0.0465. The molecule has 0 bridgehead atoms. The SMILES string of the molecule is O=C(NC1(c2ccccc2)CC1)c1ccc(OC2CCN(C(=O)C3CC3)CC2)cc1. The van der Waals surface area contributed by atoms with Gasteiger partial charge in [0.25, 0.3) is 5.91 Å². The highest BCUT2D eigenvalue weighted by atomic mass is 16.5. The highest BCUT2D eigenvalue weighted by molar-refractivity contribution is 5.95. The van der Waals surface area contributed by atoms with Gasteiger partial charge < -0.3 is 15.0 Å². The largest absolute Gasteiger partial charge is 0.490 e. The summed E-state index contributed by atoms with van der Waals surface area (Å²) < 4.78 is 6.11. The zero-order valence-electron chi connectivity index (χ0n) is 17.2. The minimum Gasteiger partial charge on any atom is -0.490 e. The Bertz CT molecular complexity index is 909. The Balaban J connectivity index is 1.14. The number of rotatable bonds is 6. The van der Waals surface area contributed by atoms with Crippen LogP contribution in [-0.2, 0) is 10.3 Å². The first-order valence-electron chi connectivity index (χ1n) is 11.1. The summed E-state index contributed by atoms with van der Waals surface area (Å²) in [6.45, 7) is 1.56. The number of piperidine rings is 1. The van der Waals surface area contributed by atoms with Crippen molar-refractivity contribution in [3.8, 4) is 5.75 Å². The van der Waals surface area contributed by atoms with Crippen molar-refractivity contribution in [2.75, 3.05) is 13.1 Å². The number of hydrogen-bond donors (Lipinski definition) is 1. The molecule has 0 aromatic heterocycles. The second-order valence-corrected chi connectivity index (χ2v) is 8.84. The van der Waals surface area contributed by atoms with Crippen molar-refractivity contribution in [3.63, 3.8) is 0 Å². The fraction of sp³-hybridized carbons (Fsp3) is 0.440. The molecular formula is C25H28N2O3. The van der Waals surface area contributed by atoms with Crippen LogP contribution in [0.2, 0.25) is 0 Å². The molecule has 2 saturated carbocycles. The highest BCUT2D eigenvalue weighted by Gasteiger charge is 2.45. The van der Waals surface area contributed by atoms with Crippen molar-refractivity contribution in [1.82, 2.24) is 10.2 Å². The van der Waals surface area contributed by atoms with Crippen LogP contribution in [0.4, 0.5) is 0 Å². The fourth-order valence-corrected chi connectivity index (χ4v) is 4.32. The monoisotopic (exact) mass is 404 g/mol. The van der Waals surface area contributed by atoms with E-state index >= 15 is 0 Å². The van der Waals surface area contributed by atoms with Crippen LogP contribution < -0.4 is 10.1 Å². The molecule has 2 amide bonds. The second kappa shape index (κ2) is 7.78. The summed E-state index contributed by atoms with van der Waals surface area (Å²) in [6.07, 6.45) is 5.92. The Labute approximate surface area is 177 Å². The first-order valence-corrected chi connectivity index (χ1v) is 11.1. The van der Waals surface area contributed by atoms with Crippen LogP contribution in [0.15, 0.2) is 54.6 Å². The van der Waals surface area contributed by atoms with Gasteiger partial charge in [-0.1, -0.05) is 30.3 Å². The van der Waals surface area contributed by atoms with Gasteiger partial charge in [-0.3, -0.25) is 9.59 Å². The lowest BCUT2D eigenvalue weighted by Crippen LogP contribution is -2.42. The van der Waals surface area contributed by atoms with Crippen molar-refractivity contribution in [2.45, 2.75) is 50.2 Å². The molecule has 1 heterocycles. The van der Waals surface area contributed by atoms with Crippen molar-refractivity contribution in [3.05, 3.63) is 65.7 Å². The number of hydrogen-bond acceptors (Lipinski definition) is 3. The average Bonchev–Trinajstić information content (AvgIpc) is 3.70. The molecule has 0 spiro atoms. The van der Waals surface area contributed by atoms with Crippen LogP contribution in [-0.4, -0.2) is 35.9 Å². The third kappa shape index (κ3) is 4.07. The maximum absolute atomic E-state index is 12.7. The third-order valence-electron chi connectivity index (χ3n) is 6.53. The lowest BCUT2D eigenvalue weighted by atomic mass is 10.0. The summed E-state index contributed by atoms with van der Waals surface area (Å²) in [5.74, 6) is 1.35. The summed E-state index contributed by atoms with van der Waals surface area (Å²) >= 11 is 0. The van der Waals surface area contributed by atoms with Gasteiger partial charge in [-0.2, -0.15) is 0 Å². The van der Waals surface area contributed by atoms with E-state index in [1.54, 1.807) is 0 Å². The summed E-state index contributed by atoms with van der Waals surface area (Å²) in [4.78, 5) is 26.9. The van der Waals surface area contributed by atoms with Gasteiger partial charge in [-0.15, -0.1) is 0 Å². The molecule has 5 nitrogen and oxygen atoms in total. The topological polar surface area (TPSA) is 58.6 Å². The second-order valence-electron chi connectivity index (χ2n) is 8.84. The Morgan fingerprint density at radius 3 is 2.17 bits per heavy atom. The van der Waals surface area contributed by atoms with Crippen molar-refractivity contribution >= 4 is 11.8 Å². The number of carbonyl (C=O) groups is 2. The van der Waals surface area contributed by atoms with Crippen LogP contribution in [0.3, 0.4) is 0 Å². The summed E-state index contributed by atoms with van der Waals surface area (Å²) in [6, 6.07) is 17.6. The molecule has 3 aliphatic rings. The van der Waals surface area contributed by atoms with Crippen molar-refractivity contribution in [2.24, 2.45) is 5.92 Å². The van der Waals surface area contributed by atoms with Gasteiger partial charge >= 0.3 is 0 Å². The maximum atomic E-state index is 12.7. The predicted molar refractivity (Wildman–Crippen MR) is 114 cm³/mol. The number of nitrogens with one attached hydrogen (secondary N) is 1. The van der Waals surface area contributed by atoms with E-state index in [-0.39, 0.29) is 23.5 Å². The Morgan fingerprint density at radius 2 is 1.57 bits per heavy atom. The van der Waals surface area contributed by atoms with Gasteiger partial charge in [0.2, 0.25) is 5.91 Å². The van der Waals surface area contributed by atoms with Crippen molar-refractivity contribution < 1.29 is 14.3 Å². The minimum atomic E-state index is -0.209. The lowest BCUT2D eigenvalue weighted by Gasteiger charge is -2.32. The number of benzene rings is 2. The molecule has 2 aliphatic carbocycles. The average molecular weight is 405 g/mol. The maximum Gasteiger partial charge on any atom is 0.251 e. The molecule has 0 radical (unpaired) electrons. The number of amides is 2. The summed E-state index contributed by atoms with van der Waals surface area (Å²) in [5.41, 5.74) is 1.61. The lowest BCUT2D eigenvalue weighted by molar-refractivity contribution is -0.134. The smallest absolute Gasteiger partial charge is 0.251 e. The molecule has 1 saturated heterocycles. The van der Waals surface area contributed by atoms with Crippen LogP contribution >= 0.6 is 0 Å². The summed E-state index contributed by atoms with van der Waals surface area (Å²) in [7, 11) is 0. The molecule has 0 unspecified atom stereocenters. The van der Waals surface area contributed by atoms with E-state index in [0.717, 1.165) is 57.4 Å². The van der Waals surface area contributed by atoms with Crippen LogP contribution in [0.5, 0.6) is 5.75 Å². The zero-order valence-corrected chi connectivity index (χ0v) is 17.2. The van der Waals surface area contributed by atoms with Gasteiger partial charge in [0.1, 0.15) is 11.9 Å². The molecule has 2 aromatic carbocycles. The van der Waals surface area contributed by atoms with E-state index in [2.05, 4.69) is 17.4 Å². The number of nitrogens with zero attached hydrogens (tertiary/aromatic N) is 1. The normalized spacial score (nSPS) is 20.5. The molecule has 1 aliphatic heterocycles. The van der Waals surface area contributed by atoms with Crippen LogP contribution in [0.1, 0.15) is 54.4 Å². The van der Waals surface area contributed by atoms with Gasteiger partial charge in [0, 0.05) is 37.4 Å². The molecule has 2 aromatic rings. The molecule has 156 valence electrons. The molecule has 0 atom stereocenters. The standard InChI is InChI=1S/C25H28N2O3/c28-23(26-25(14-15-25)20-4-2-1-3-5-20)18-8-10-21(11-9-18)30-22-12-16-27(17-13-22)24(29)19-6-7-19/h1-5,8-11,19,22H,6-7,12-17H2,(H,26,28).